The maximum Gasteiger partial charge on any atom is 0.120 e. The number of rotatable bonds is 1. The van der Waals surface area contributed by atoms with Crippen LogP contribution in [-0.2, 0) is 0 Å². The second-order valence-electron chi connectivity index (χ2n) is 10.2. The molecule has 0 unspecified atom stereocenters. The van der Waals surface area contributed by atoms with Gasteiger partial charge < -0.3 is 10.0 Å². The highest BCUT2D eigenvalue weighted by atomic mass is 16.3. The summed E-state index contributed by atoms with van der Waals surface area (Å²) < 4.78 is 0. The van der Waals surface area contributed by atoms with Gasteiger partial charge in [0.25, 0.3) is 0 Å². The Kier molecular flexibility index (Phi) is 7.12. The topological polar surface area (TPSA) is 23.5 Å². The minimum atomic E-state index is -1.04. The SMILES string of the molecule is CN(C)c1cccc2c(C#Cc3ccc(C#Cc4cccc5c(C#CC(C)(C)O)cccc45)cc3)cccc12. The zero-order chi connectivity index (χ0) is 27.4. The molecule has 1 N–H and O–H groups in total. The summed E-state index contributed by atoms with van der Waals surface area (Å²) in [6.07, 6.45) is 0. The van der Waals surface area contributed by atoms with Crippen LogP contribution in [0.5, 0.6) is 0 Å². The minimum Gasteiger partial charge on any atom is -0.378 e. The van der Waals surface area contributed by atoms with Crippen molar-refractivity contribution in [3.8, 4) is 35.5 Å². The van der Waals surface area contributed by atoms with Gasteiger partial charge in [0.05, 0.1) is 0 Å². The zero-order valence-electron chi connectivity index (χ0n) is 22.6. The van der Waals surface area contributed by atoms with Gasteiger partial charge in [-0.3, -0.25) is 0 Å². The number of hydrogen-bond acceptors (Lipinski definition) is 2. The number of aliphatic hydroxyl groups is 1. The molecule has 0 radical (unpaired) electrons. The monoisotopic (exact) mass is 503 g/mol. The molecule has 5 rings (SSSR count). The van der Waals surface area contributed by atoms with Crippen molar-refractivity contribution >= 4 is 27.2 Å². The van der Waals surface area contributed by atoms with Crippen molar-refractivity contribution in [2.75, 3.05) is 19.0 Å². The van der Waals surface area contributed by atoms with E-state index in [1.165, 1.54) is 11.1 Å². The van der Waals surface area contributed by atoms with Crippen molar-refractivity contribution in [3.63, 3.8) is 0 Å². The summed E-state index contributed by atoms with van der Waals surface area (Å²) in [4.78, 5) is 2.13. The Bertz CT molecular complexity index is 1870. The van der Waals surface area contributed by atoms with Crippen LogP contribution in [0.2, 0.25) is 0 Å². The fourth-order valence-electron chi connectivity index (χ4n) is 4.46. The van der Waals surface area contributed by atoms with Crippen LogP contribution in [0.25, 0.3) is 21.5 Å². The van der Waals surface area contributed by atoms with E-state index in [0.717, 1.165) is 44.0 Å². The van der Waals surface area contributed by atoms with Crippen molar-refractivity contribution in [2.24, 2.45) is 0 Å². The lowest BCUT2D eigenvalue weighted by atomic mass is 9.99. The number of nitrogens with zero attached hydrogens (tertiary/aromatic N) is 1. The van der Waals surface area contributed by atoms with Crippen LogP contribution in [0.1, 0.15) is 41.7 Å². The molecular formula is C37H29NO. The summed E-state index contributed by atoms with van der Waals surface area (Å²) in [5.74, 6) is 19.3. The van der Waals surface area contributed by atoms with E-state index >= 15 is 0 Å². The van der Waals surface area contributed by atoms with E-state index in [-0.39, 0.29) is 0 Å². The van der Waals surface area contributed by atoms with E-state index in [1.807, 2.05) is 54.6 Å². The normalized spacial score (nSPS) is 10.6. The Morgan fingerprint density at radius 1 is 0.513 bits per heavy atom. The lowest BCUT2D eigenvalue weighted by Crippen LogP contribution is -2.14. The van der Waals surface area contributed by atoms with Crippen LogP contribution < -0.4 is 4.90 Å². The number of benzene rings is 5. The number of hydrogen-bond donors (Lipinski definition) is 1. The van der Waals surface area contributed by atoms with Crippen LogP contribution in [0.3, 0.4) is 0 Å². The van der Waals surface area contributed by atoms with Crippen molar-refractivity contribution in [1.82, 2.24) is 0 Å². The second kappa shape index (κ2) is 10.8. The van der Waals surface area contributed by atoms with Crippen LogP contribution in [0, 0.1) is 35.5 Å². The summed E-state index contributed by atoms with van der Waals surface area (Å²) in [6.45, 7) is 3.37. The van der Waals surface area contributed by atoms with Gasteiger partial charge in [-0.2, -0.15) is 0 Å². The highest BCUT2D eigenvalue weighted by Crippen LogP contribution is 2.27. The molecule has 0 aliphatic carbocycles. The first kappa shape index (κ1) is 25.7. The average molecular weight is 504 g/mol. The molecule has 188 valence electrons. The quantitative estimate of drug-likeness (QED) is 0.250. The first-order valence-corrected chi connectivity index (χ1v) is 12.9. The maximum atomic E-state index is 9.99. The van der Waals surface area contributed by atoms with Gasteiger partial charge in [0.15, 0.2) is 0 Å². The van der Waals surface area contributed by atoms with Crippen molar-refractivity contribution in [3.05, 3.63) is 125 Å². The Balaban J connectivity index is 1.41. The van der Waals surface area contributed by atoms with Crippen molar-refractivity contribution in [2.45, 2.75) is 19.4 Å². The Hall–Kier alpha value is -4.94. The van der Waals surface area contributed by atoms with Crippen LogP contribution in [0.15, 0.2) is 97.1 Å². The van der Waals surface area contributed by atoms with Crippen molar-refractivity contribution < 1.29 is 5.11 Å². The number of anilines is 1. The molecule has 0 heterocycles. The Labute approximate surface area is 230 Å². The molecule has 0 saturated heterocycles. The molecule has 0 fully saturated rings. The maximum absolute atomic E-state index is 9.99. The van der Waals surface area contributed by atoms with E-state index < -0.39 is 5.60 Å². The highest BCUT2D eigenvalue weighted by molar-refractivity contribution is 5.97. The van der Waals surface area contributed by atoms with Crippen molar-refractivity contribution in [1.29, 1.82) is 0 Å². The Morgan fingerprint density at radius 3 is 1.38 bits per heavy atom. The molecule has 0 aromatic heterocycles. The molecule has 0 spiro atoms. The van der Waals surface area contributed by atoms with E-state index in [4.69, 9.17) is 0 Å². The first-order chi connectivity index (χ1) is 18.8. The average Bonchev–Trinajstić information content (AvgIpc) is 2.93. The fourth-order valence-corrected chi connectivity index (χ4v) is 4.46. The third-order valence-electron chi connectivity index (χ3n) is 6.37. The van der Waals surface area contributed by atoms with Gasteiger partial charge in [0.1, 0.15) is 5.60 Å². The molecule has 0 bridgehead atoms. The van der Waals surface area contributed by atoms with Crippen LogP contribution in [0.4, 0.5) is 5.69 Å². The molecular weight excluding hydrogens is 474 g/mol. The lowest BCUT2D eigenvalue weighted by Gasteiger charge is -2.15. The zero-order valence-corrected chi connectivity index (χ0v) is 22.6. The summed E-state index contributed by atoms with van der Waals surface area (Å²) in [6, 6.07) is 32.7. The smallest absolute Gasteiger partial charge is 0.120 e. The van der Waals surface area contributed by atoms with E-state index in [9.17, 15) is 5.11 Å². The summed E-state index contributed by atoms with van der Waals surface area (Å²) in [5, 5.41) is 14.4. The van der Waals surface area contributed by atoms with Gasteiger partial charge >= 0.3 is 0 Å². The second-order valence-corrected chi connectivity index (χ2v) is 10.2. The third kappa shape index (κ3) is 5.98. The molecule has 5 aromatic carbocycles. The van der Waals surface area contributed by atoms with Gasteiger partial charge in [0, 0.05) is 53.0 Å². The van der Waals surface area contributed by atoms with Gasteiger partial charge in [-0.25, -0.2) is 0 Å². The summed E-state index contributed by atoms with van der Waals surface area (Å²) in [7, 11) is 4.12. The minimum absolute atomic E-state index is 0.880. The molecule has 0 aliphatic heterocycles. The van der Waals surface area contributed by atoms with Gasteiger partial charge in [-0.05, 0) is 78.5 Å². The predicted octanol–water partition coefficient (Wildman–Crippen LogP) is 6.98. The summed E-state index contributed by atoms with van der Waals surface area (Å²) >= 11 is 0. The number of fused-ring (bicyclic) bond motifs is 2. The Morgan fingerprint density at radius 2 is 0.923 bits per heavy atom. The fraction of sp³-hybridized carbons (Fsp3) is 0.135. The largest absolute Gasteiger partial charge is 0.378 e. The molecule has 0 amide bonds. The molecule has 0 aliphatic rings. The first-order valence-electron chi connectivity index (χ1n) is 12.9. The predicted molar refractivity (Wildman–Crippen MR) is 164 cm³/mol. The lowest BCUT2D eigenvalue weighted by molar-refractivity contribution is 0.143. The molecule has 0 atom stereocenters. The van der Waals surface area contributed by atoms with E-state index in [2.05, 4.69) is 97.0 Å². The van der Waals surface area contributed by atoms with E-state index in [0.29, 0.717) is 0 Å². The van der Waals surface area contributed by atoms with Gasteiger partial charge in [0.2, 0.25) is 0 Å². The molecule has 2 heteroatoms. The van der Waals surface area contributed by atoms with Gasteiger partial charge in [-0.15, -0.1) is 0 Å². The molecule has 39 heavy (non-hydrogen) atoms. The summed E-state index contributed by atoms with van der Waals surface area (Å²) in [5.41, 5.74) is 4.85. The molecule has 2 nitrogen and oxygen atoms in total. The standard InChI is InChI=1S/C37H29NO/c1-37(2,39)26-25-31-11-6-12-32-29(9-5-13-33(31)32)23-21-27-17-19-28(20-18-27)22-24-30-10-7-15-35-34(30)14-8-16-36(35)38(3)4/h5-20,39H,1-4H3. The van der Waals surface area contributed by atoms with E-state index in [1.54, 1.807) is 13.8 Å². The highest BCUT2D eigenvalue weighted by Gasteiger charge is 2.08. The van der Waals surface area contributed by atoms with Crippen LogP contribution in [-0.4, -0.2) is 24.8 Å². The molecule has 0 saturated carbocycles. The van der Waals surface area contributed by atoms with Gasteiger partial charge in [-0.1, -0.05) is 84.1 Å². The third-order valence-corrected chi connectivity index (χ3v) is 6.37. The van der Waals surface area contributed by atoms with Crippen LogP contribution >= 0.6 is 0 Å². The molecule has 5 aromatic rings.